The summed E-state index contributed by atoms with van der Waals surface area (Å²) in [5.74, 6) is -2.70. The van der Waals surface area contributed by atoms with Gasteiger partial charge in [-0.05, 0) is 50.0 Å². The highest BCUT2D eigenvalue weighted by molar-refractivity contribution is 5.90. The van der Waals surface area contributed by atoms with Gasteiger partial charge in [0.05, 0.1) is 26.2 Å². The van der Waals surface area contributed by atoms with Crippen LogP contribution in [-0.2, 0) is 35.3 Å². The molecule has 0 radical (unpaired) electrons. The van der Waals surface area contributed by atoms with E-state index in [4.69, 9.17) is 14.3 Å². The fourth-order valence-electron chi connectivity index (χ4n) is 4.35. The van der Waals surface area contributed by atoms with Crippen LogP contribution in [0.5, 0.6) is 0 Å². The highest BCUT2D eigenvalue weighted by Crippen LogP contribution is 2.26. The van der Waals surface area contributed by atoms with Crippen molar-refractivity contribution in [3.63, 3.8) is 0 Å². The molecule has 0 saturated carbocycles. The molecule has 2 rings (SSSR count). The van der Waals surface area contributed by atoms with Crippen molar-refractivity contribution >= 4 is 23.9 Å². The van der Waals surface area contributed by atoms with Gasteiger partial charge in [0.15, 0.2) is 0 Å². The van der Waals surface area contributed by atoms with Crippen molar-refractivity contribution in [3.05, 3.63) is 35.9 Å². The maximum atomic E-state index is 13.5. The van der Waals surface area contributed by atoms with Gasteiger partial charge in [0.2, 0.25) is 11.8 Å². The van der Waals surface area contributed by atoms with Crippen LogP contribution in [0.2, 0.25) is 0 Å². The van der Waals surface area contributed by atoms with E-state index in [0.717, 1.165) is 5.56 Å². The summed E-state index contributed by atoms with van der Waals surface area (Å²) < 4.78 is 10.3. The second-order valence-electron chi connectivity index (χ2n) is 9.84. The number of cyclic esters (lactones) is 1. The molecule has 206 valence electrons. The molecule has 10 heteroatoms. The summed E-state index contributed by atoms with van der Waals surface area (Å²) in [5.41, 5.74) is 3.39. The average molecular weight is 520 g/mol. The van der Waals surface area contributed by atoms with Gasteiger partial charge < -0.3 is 19.7 Å². The molecule has 0 spiro atoms. The first-order valence-corrected chi connectivity index (χ1v) is 12.9. The molecule has 1 aromatic carbocycles. The molecule has 1 saturated heterocycles. The fourth-order valence-corrected chi connectivity index (χ4v) is 4.35. The van der Waals surface area contributed by atoms with E-state index in [1.807, 2.05) is 44.2 Å². The lowest BCUT2D eigenvalue weighted by Crippen LogP contribution is -2.48. The summed E-state index contributed by atoms with van der Waals surface area (Å²) >= 11 is 0. The van der Waals surface area contributed by atoms with Crippen LogP contribution in [0.1, 0.15) is 57.9 Å². The maximum Gasteiger partial charge on any atom is 0.409 e. The number of hydroxylamine groups is 1. The molecular weight excluding hydrogens is 478 g/mol. The average Bonchev–Trinajstić information content (AvgIpc) is 2.88. The van der Waals surface area contributed by atoms with E-state index in [2.05, 4.69) is 10.8 Å². The molecule has 1 heterocycles. The van der Waals surface area contributed by atoms with Crippen LogP contribution >= 0.6 is 0 Å². The Balaban J connectivity index is 2.24. The molecule has 3 amide bonds. The van der Waals surface area contributed by atoms with Crippen molar-refractivity contribution < 1.29 is 33.5 Å². The van der Waals surface area contributed by atoms with E-state index in [1.165, 1.54) is 12.0 Å². The van der Waals surface area contributed by atoms with Gasteiger partial charge in [-0.15, -0.1) is 0 Å². The van der Waals surface area contributed by atoms with E-state index in [9.17, 15) is 19.2 Å². The van der Waals surface area contributed by atoms with Crippen molar-refractivity contribution in [3.8, 4) is 0 Å². The van der Waals surface area contributed by atoms with Crippen LogP contribution in [0, 0.1) is 17.8 Å². The van der Waals surface area contributed by atoms with Crippen LogP contribution in [0.3, 0.4) is 0 Å². The van der Waals surface area contributed by atoms with E-state index >= 15 is 0 Å². The smallest absolute Gasteiger partial charge is 0.409 e. The minimum Gasteiger partial charge on any atom is -0.467 e. The maximum absolute atomic E-state index is 13.5. The number of amides is 3. The summed E-state index contributed by atoms with van der Waals surface area (Å²) in [6.45, 7) is 4.70. The molecule has 0 unspecified atom stereocenters. The largest absolute Gasteiger partial charge is 0.467 e. The van der Waals surface area contributed by atoms with E-state index in [0.29, 0.717) is 45.1 Å². The van der Waals surface area contributed by atoms with Gasteiger partial charge in [-0.3, -0.25) is 14.4 Å². The predicted molar refractivity (Wildman–Crippen MR) is 137 cm³/mol. The Labute approximate surface area is 219 Å². The van der Waals surface area contributed by atoms with Crippen molar-refractivity contribution in [1.82, 2.24) is 15.7 Å². The molecule has 2 N–H and O–H groups in total. The van der Waals surface area contributed by atoms with Gasteiger partial charge >= 0.3 is 12.1 Å². The molecule has 3 atom stereocenters. The number of benzene rings is 1. The molecule has 0 aliphatic carbocycles. The third-order valence-corrected chi connectivity index (χ3v) is 6.37. The molecule has 0 aromatic heterocycles. The van der Waals surface area contributed by atoms with Gasteiger partial charge in [-0.1, -0.05) is 44.2 Å². The summed E-state index contributed by atoms with van der Waals surface area (Å²) in [4.78, 5) is 58.4. The van der Waals surface area contributed by atoms with Crippen LogP contribution in [0.15, 0.2) is 30.3 Å². The van der Waals surface area contributed by atoms with Crippen molar-refractivity contribution in [1.29, 1.82) is 0 Å². The number of hydrogen-bond acceptors (Lipinski definition) is 7. The summed E-state index contributed by atoms with van der Waals surface area (Å²) in [6, 6.07) is 8.56. The SMILES string of the molecule is COC(=O)[C@@H]1CCCCN(C)C(=O)OCCC[C@H](C(=O)NOCc2ccccc2)[C@@H](CC(C)C)C(=O)N1. The second kappa shape index (κ2) is 15.9. The Bertz CT molecular complexity index is 878. The van der Waals surface area contributed by atoms with Crippen LogP contribution < -0.4 is 10.8 Å². The molecule has 37 heavy (non-hydrogen) atoms. The van der Waals surface area contributed by atoms with Gasteiger partial charge in [0, 0.05) is 19.5 Å². The number of rotatable bonds is 7. The Morgan fingerprint density at radius 2 is 1.86 bits per heavy atom. The molecule has 1 aromatic rings. The highest BCUT2D eigenvalue weighted by atomic mass is 16.6. The Morgan fingerprint density at radius 3 is 2.54 bits per heavy atom. The molecule has 1 aliphatic heterocycles. The Morgan fingerprint density at radius 1 is 1.14 bits per heavy atom. The Kier molecular flexibility index (Phi) is 12.9. The number of nitrogens with one attached hydrogen (secondary N) is 2. The fraction of sp³-hybridized carbons (Fsp3) is 0.630. The number of ether oxygens (including phenoxy) is 2. The highest BCUT2D eigenvalue weighted by Gasteiger charge is 2.36. The lowest BCUT2D eigenvalue weighted by molar-refractivity contribution is -0.148. The van der Waals surface area contributed by atoms with Crippen LogP contribution in [0.4, 0.5) is 4.79 Å². The molecule has 1 aliphatic rings. The minimum absolute atomic E-state index is 0.112. The van der Waals surface area contributed by atoms with E-state index in [1.54, 1.807) is 7.05 Å². The molecule has 0 bridgehead atoms. The van der Waals surface area contributed by atoms with Crippen molar-refractivity contribution in [2.75, 3.05) is 27.3 Å². The number of esters is 1. The van der Waals surface area contributed by atoms with Gasteiger partial charge in [0.25, 0.3) is 0 Å². The van der Waals surface area contributed by atoms with Crippen LogP contribution in [-0.4, -0.2) is 62.1 Å². The van der Waals surface area contributed by atoms with Crippen molar-refractivity contribution in [2.45, 2.75) is 65.0 Å². The van der Waals surface area contributed by atoms with Gasteiger partial charge in [-0.25, -0.2) is 15.1 Å². The number of hydrogen-bond donors (Lipinski definition) is 2. The number of carbonyl (C=O) groups is 4. The summed E-state index contributed by atoms with van der Waals surface area (Å²) in [7, 11) is 2.93. The number of methoxy groups -OCH3 is 1. The molecular formula is C27H41N3O7. The Hall–Kier alpha value is -3.14. The topological polar surface area (TPSA) is 123 Å². The zero-order valence-electron chi connectivity index (χ0n) is 22.4. The third kappa shape index (κ3) is 10.4. The third-order valence-electron chi connectivity index (χ3n) is 6.37. The van der Waals surface area contributed by atoms with Crippen molar-refractivity contribution in [2.24, 2.45) is 17.8 Å². The first-order valence-electron chi connectivity index (χ1n) is 12.9. The number of nitrogens with zero attached hydrogens (tertiary/aromatic N) is 1. The first kappa shape index (κ1) is 30.1. The second-order valence-corrected chi connectivity index (χ2v) is 9.84. The quantitative estimate of drug-likeness (QED) is 0.419. The van der Waals surface area contributed by atoms with Crippen LogP contribution in [0.25, 0.3) is 0 Å². The number of carbonyl (C=O) groups excluding carboxylic acids is 4. The summed E-state index contributed by atoms with van der Waals surface area (Å²) in [6.07, 6.45) is 2.24. The predicted octanol–water partition coefficient (Wildman–Crippen LogP) is 3.20. The minimum atomic E-state index is -0.840. The normalized spacial score (nSPS) is 22.3. The van der Waals surface area contributed by atoms with E-state index in [-0.39, 0.29) is 25.0 Å². The standard InChI is InChI=1S/C27H41N3O7/c1-19(2)17-22-21(25(32)29-37-18-20-11-6-5-7-12-20)13-10-16-36-27(34)30(3)15-9-8-14-23(26(33)35-4)28-24(22)31/h5-7,11-12,19,21-23H,8-10,13-18H2,1-4H3,(H,28,31)(H,29,32)/t21-,22+,23-/m0/s1. The van der Waals surface area contributed by atoms with Gasteiger partial charge in [-0.2, -0.15) is 0 Å². The molecule has 1 fully saturated rings. The molecule has 10 nitrogen and oxygen atoms in total. The zero-order valence-corrected chi connectivity index (χ0v) is 22.4. The lowest BCUT2D eigenvalue weighted by atomic mass is 9.81. The monoisotopic (exact) mass is 519 g/mol. The first-order chi connectivity index (χ1) is 17.7. The lowest BCUT2D eigenvalue weighted by Gasteiger charge is -2.28. The zero-order chi connectivity index (χ0) is 27.2. The van der Waals surface area contributed by atoms with Gasteiger partial charge in [0.1, 0.15) is 6.04 Å². The summed E-state index contributed by atoms with van der Waals surface area (Å²) in [5, 5.41) is 2.83. The van der Waals surface area contributed by atoms with E-state index < -0.39 is 35.8 Å².